The molecular weight excluding hydrogens is 464 g/mol. The number of carbonyl (C=O) groups is 2. The molecule has 0 atom stereocenters. The maximum Gasteiger partial charge on any atom is 0.282 e. The van der Waals surface area contributed by atoms with Gasteiger partial charge in [-0.05, 0) is 30.2 Å². The van der Waals surface area contributed by atoms with Gasteiger partial charge in [-0.3, -0.25) is 19.7 Å². The second-order valence-corrected chi connectivity index (χ2v) is 7.75. The predicted octanol–water partition coefficient (Wildman–Crippen LogP) is 4.36. The highest BCUT2D eigenvalue weighted by molar-refractivity contribution is 5.94. The van der Waals surface area contributed by atoms with Gasteiger partial charge in [-0.1, -0.05) is 48.5 Å². The third-order valence-corrected chi connectivity index (χ3v) is 5.14. The van der Waals surface area contributed by atoms with Gasteiger partial charge in [0.15, 0.2) is 11.5 Å². The van der Waals surface area contributed by atoms with Crippen LogP contribution in [0, 0.1) is 17.0 Å². The van der Waals surface area contributed by atoms with E-state index in [0.29, 0.717) is 5.69 Å². The van der Waals surface area contributed by atoms with E-state index in [9.17, 15) is 19.7 Å². The molecule has 10 heteroatoms. The summed E-state index contributed by atoms with van der Waals surface area (Å²) < 4.78 is 11.0. The first kappa shape index (κ1) is 25.9. The summed E-state index contributed by atoms with van der Waals surface area (Å²) in [6, 6.07) is 19.3. The SMILES string of the molecule is COc1cc(C=NNC(=O)CCC(=O)Nc2ccccc2C)c([N+](=O)[O-])cc1OCc1ccccc1. The lowest BCUT2D eigenvalue weighted by molar-refractivity contribution is -0.385. The molecule has 0 saturated carbocycles. The fourth-order valence-corrected chi connectivity index (χ4v) is 3.22. The van der Waals surface area contributed by atoms with Crippen LogP contribution in [0.15, 0.2) is 71.8 Å². The number of hydrogen-bond acceptors (Lipinski definition) is 7. The Hall–Kier alpha value is -4.73. The summed E-state index contributed by atoms with van der Waals surface area (Å²) in [5.41, 5.74) is 4.61. The van der Waals surface area contributed by atoms with Crippen LogP contribution in [0.1, 0.15) is 29.5 Å². The average Bonchev–Trinajstić information content (AvgIpc) is 2.88. The Morgan fingerprint density at radius 3 is 2.39 bits per heavy atom. The summed E-state index contributed by atoms with van der Waals surface area (Å²) in [7, 11) is 1.42. The minimum atomic E-state index is -0.575. The van der Waals surface area contributed by atoms with Crippen molar-refractivity contribution in [3.8, 4) is 11.5 Å². The zero-order chi connectivity index (χ0) is 25.9. The highest BCUT2D eigenvalue weighted by Crippen LogP contribution is 2.34. The van der Waals surface area contributed by atoms with Crippen molar-refractivity contribution < 1.29 is 24.0 Å². The predicted molar refractivity (Wildman–Crippen MR) is 135 cm³/mol. The van der Waals surface area contributed by atoms with Crippen LogP contribution in [0.5, 0.6) is 11.5 Å². The van der Waals surface area contributed by atoms with E-state index in [1.54, 1.807) is 12.1 Å². The number of nitro benzene ring substituents is 1. The molecule has 0 aliphatic carbocycles. The lowest BCUT2D eigenvalue weighted by atomic mass is 10.1. The quantitative estimate of drug-likeness (QED) is 0.233. The maximum absolute atomic E-state index is 12.1. The topological polar surface area (TPSA) is 132 Å². The molecule has 0 unspecified atom stereocenters. The number of benzene rings is 3. The lowest BCUT2D eigenvalue weighted by Gasteiger charge is -2.12. The van der Waals surface area contributed by atoms with Gasteiger partial charge in [-0.25, -0.2) is 5.43 Å². The fraction of sp³-hybridized carbons (Fsp3) is 0.192. The summed E-state index contributed by atoms with van der Waals surface area (Å²) in [5, 5.41) is 18.2. The van der Waals surface area contributed by atoms with Crippen molar-refractivity contribution in [2.24, 2.45) is 5.10 Å². The summed E-state index contributed by atoms with van der Waals surface area (Å²) in [6.07, 6.45) is 0.997. The van der Waals surface area contributed by atoms with Crippen molar-refractivity contribution in [2.45, 2.75) is 26.4 Å². The van der Waals surface area contributed by atoms with Crippen molar-refractivity contribution in [2.75, 3.05) is 12.4 Å². The van der Waals surface area contributed by atoms with E-state index < -0.39 is 10.8 Å². The monoisotopic (exact) mass is 490 g/mol. The van der Waals surface area contributed by atoms with E-state index >= 15 is 0 Å². The minimum Gasteiger partial charge on any atom is -0.493 e. The summed E-state index contributed by atoms with van der Waals surface area (Å²) >= 11 is 0. The number of methoxy groups -OCH3 is 1. The third-order valence-electron chi connectivity index (χ3n) is 5.14. The van der Waals surface area contributed by atoms with Crippen LogP contribution in [-0.2, 0) is 16.2 Å². The Morgan fingerprint density at radius 1 is 1.00 bits per heavy atom. The second kappa shape index (κ2) is 12.7. The number of carbonyl (C=O) groups excluding carboxylic acids is 2. The lowest BCUT2D eigenvalue weighted by Crippen LogP contribution is -2.21. The number of hydrazone groups is 1. The molecule has 0 fully saturated rings. The first-order chi connectivity index (χ1) is 17.4. The molecule has 3 aromatic rings. The molecule has 0 heterocycles. The van der Waals surface area contributed by atoms with Crippen LogP contribution in [0.4, 0.5) is 11.4 Å². The van der Waals surface area contributed by atoms with Crippen molar-refractivity contribution in [3.63, 3.8) is 0 Å². The molecule has 36 heavy (non-hydrogen) atoms. The van der Waals surface area contributed by atoms with Crippen LogP contribution >= 0.6 is 0 Å². The van der Waals surface area contributed by atoms with Gasteiger partial charge in [-0.15, -0.1) is 0 Å². The number of anilines is 1. The molecule has 186 valence electrons. The molecule has 0 aromatic heterocycles. The molecule has 0 saturated heterocycles. The summed E-state index contributed by atoms with van der Waals surface area (Å²) in [5.74, 6) is -0.343. The van der Waals surface area contributed by atoms with Gasteiger partial charge >= 0.3 is 0 Å². The van der Waals surface area contributed by atoms with Crippen molar-refractivity contribution >= 4 is 29.4 Å². The van der Waals surface area contributed by atoms with Crippen LogP contribution in [0.3, 0.4) is 0 Å². The van der Waals surface area contributed by atoms with E-state index in [4.69, 9.17) is 9.47 Å². The summed E-state index contributed by atoms with van der Waals surface area (Å²) in [4.78, 5) is 35.2. The zero-order valence-electron chi connectivity index (χ0n) is 19.9. The number of nitrogens with zero attached hydrogens (tertiary/aromatic N) is 2. The average molecular weight is 491 g/mol. The Bertz CT molecular complexity index is 1260. The normalized spacial score (nSPS) is 10.6. The number of nitrogens with one attached hydrogen (secondary N) is 2. The van der Waals surface area contributed by atoms with E-state index in [-0.39, 0.29) is 48.1 Å². The van der Waals surface area contributed by atoms with Gasteiger partial charge in [0, 0.05) is 18.5 Å². The largest absolute Gasteiger partial charge is 0.493 e. The molecule has 2 N–H and O–H groups in total. The van der Waals surface area contributed by atoms with Crippen LogP contribution in [0.2, 0.25) is 0 Å². The van der Waals surface area contributed by atoms with Gasteiger partial charge in [0.1, 0.15) is 6.61 Å². The number of hydrogen-bond donors (Lipinski definition) is 2. The second-order valence-electron chi connectivity index (χ2n) is 7.75. The smallest absolute Gasteiger partial charge is 0.282 e. The van der Waals surface area contributed by atoms with Crippen LogP contribution in [0.25, 0.3) is 0 Å². The van der Waals surface area contributed by atoms with Gasteiger partial charge in [0.2, 0.25) is 11.8 Å². The van der Waals surface area contributed by atoms with Crippen LogP contribution < -0.4 is 20.2 Å². The fourth-order valence-electron chi connectivity index (χ4n) is 3.22. The van der Waals surface area contributed by atoms with Gasteiger partial charge in [0.25, 0.3) is 5.69 Å². The minimum absolute atomic E-state index is 0.0445. The van der Waals surface area contributed by atoms with Crippen molar-refractivity contribution in [3.05, 3.63) is 93.5 Å². The molecular formula is C26H26N4O6. The van der Waals surface area contributed by atoms with E-state index in [0.717, 1.165) is 17.3 Å². The zero-order valence-corrected chi connectivity index (χ0v) is 19.9. The van der Waals surface area contributed by atoms with E-state index in [1.165, 1.54) is 19.2 Å². The van der Waals surface area contributed by atoms with Crippen LogP contribution in [-0.4, -0.2) is 30.1 Å². The first-order valence-electron chi connectivity index (χ1n) is 11.1. The molecule has 3 aromatic carbocycles. The first-order valence-corrected chi connectivity index (χ1v) is 11.1. The Balaban J connectivity index is 1.60. The highest BCUT2D eigenvalue weighted by atomic mass is 16.6. The number of aryl methyl sites for hydroxylation is 1. The van der Waals surface area contributed by atoms with E-state index in [1.807, 2.05) is 49.4 Å². The molecule has 10 nitrogen and oxygen atoms in total. The molecule has 0 aliphatic heterocycles. The number of amides is 2. The standard InChI is InChI=1S/C26H26N4O6/c1-18-8-6-7-11-21(18)28-25(31)12-13-26(32)29-27-16-20-14-23(35-2)24(15-22(20)30(33)34)36-17-19-9-4-3-5-10-19/h3-11,14-16H,12-13,17H2,1-2H3,(H,28,31)(H,29,32). The Labute approximate surface area is 208 Å². The highest BCUT2D eigenvalue weighted by Gasteiger charge is 2.19. The maximum atomic E-state index is 12.1. The van der Waals surface area contributed by atoms with E-state index in [2.05, 4.69) is 15.8 Å². The molecule has 2 amide bonds. The number of rotatable bonds is 11. The van der Waals surface area contributed by atoms with Crippen molar-refractivity contribution in [1.29, 1.82) is 0 Å². The number of para-hydroxylation sites is 1. The van der Waals surface area contributed by atoms with Gasteiger partial charge in [0.05, 0.1) is 29.9 Å². The third kappa shape index (κ3) is 7.39. The Morgan fingerprint density at radius 2 is 1.69 bits per heavy atom. The molecule has 0 radical (unpaired) electrons. The summed E-state index contributed by atoms with van der Waals surface area (Å²) in [6.45, 7) is 2.07. The number of ether oxygens (including phenoxy) is 2. The van der Waals surface area contributed by atoms with Gasteiger partial charge in [-0.2, -0.15) is 5.10 Å². The Kier molecular flexibility index (Phi) is 9.10. The molecule has 3 rings (SSSR count). The molecule has 0 spiro atoms. The molecule has 0 bridgehead atoms. The number of nitro groups is 1. The van der Waals surface area contributed by atoms with Crippen molar-refractivity contribution in [1.82, 2.24) is 5.43 Å². The van der Waals surface area contributed by atoms with Gasteiger partial charge < -0.3 is 14.8 Å². The molecule has 0 aliphatic rings.